The molecule has 0 bridgehead atoms. The fourth-order valence-corrected chi connectivity index (χ4v) is 4.25. The normalized spacial score (nSPS) is 17.1. The number of hydrogen-bond acceptors (Lipinski definition) is 5. The van der Waals surface area contributed by atoms with Gasteiger partial charge in [-0.3, -0.25) is 9.69 Å². The third-order valence-corrected chi connectivity index (χ3v) is 6.18. The van der Waals surface area contributed by atoms with Crippen LogP contribution in [0.4, 0.5) is 0 Å². The highest BCUT2D eigenvalue weighted by atomic mass is 16.2. The molecule has 162 valence electrons. The van der Waals surface area contributed by atoms with Gasteiger partial charge in [-0.2, -0.15) is 0 Å². The minimum atomic E-state index is -0.0371. The Morgan fingerprint density at radius 1 is 0.969 bits per heavy atom. The highest BCUT2D eigenvalue weighted by molar-refractivity contribution is 5.92. The molecular weight excluding hydrogens is 400 g/mol. The summed E-state index contributed by atoms with van der Waals surface area (Å²) >= 11 is 0. The molecular formula is C25H26N6O. The van der Waals surface area contributed by atoms with E-state index in [9.17, 15) is 4.79 Å². The molecule has 0 unspecified atom stereocenters. The number of benzene rings is 1. The summed E-state index contributed by atoms with van der Waals surface area (Å²) in [6, 6.07) is 18.2. The molecule has 1 saturated heterocycles. The van der Waals surface area contributed by atoms with Crippen LogP contribution in [0.15, 0.2) is 60.8 Å². The summed E-state index contributed by atoms with van der Waals surface area (Å²) in [4.78, 5) is 21.6. The van der Waals surface area contributed by atoms with Crippen LogP contribution in [0.2, 0.25) is 0 Å². The van der Waals surface area contributed by atoms with Crippen molar-refractivity contribution in [3.8, 4) is 11.1 Å². The van der Waals surface area contributed by atoms with E-state index in [1.54, 1.807) is 6.07 Å². The molecule has 0 radical (unpaired) electrons. The number of amides is 1. The first-order valence-corrected chi connectivity index (χ1v) is 10.8. The molecule has 0 spiro atoms. The molecule has 0 N–H and O–H groups in total. The Labute approximate surface area is 187 Å². The van der Waals surface area contributed by atoms with Crippen molar-refractivity contribution in [2.24, 2.45) is 0 Å². The van der Waals surface area contributed by atoms with E-state index in [0.29, 0.717) is 18.8 Å². The maximum atomic E-state index is 13.1. The molecule has 1 aliphatic heterocycles. The second kappa shape index (κ2) is 8.16. The van der Waals surface area contributed by atoms with E-state index in [1.807, 2.05) is 34.7 Å². The Morgan fingerprint density at radius 3 is 2.53 bits per heavy atom. The third kappa shape index (κ3) is 3.76. The zero-order chi connectivity index (χ0) is 22.2. The van der Waals surface area contributed by atoms with Crippen molar-refractivity contribution in [2.75, 3.05) is 26.7 Å². The van der Waals surface area contributed by atoms with E-state index in [0.717, 1.165) is 34.6 Å². The number of nitrogens with zero attached hydrogens (tertiary/aromatic N) is 6. The quantitative estimate of drug-likeness (QED) is 0.501. The van der Waals surface area contributed by atoms with Gasteiger partial charge in [0, 0.05) is 37.1 Å². The molecule has 7 heteroatoms. The lowest BCUT2D eigenvalue weighted by Crippen LogP contribution is -2.49. The molecule has 5 rings (SSSR count). The monoisotopic (exact) mass is 426 g/mol. The van der Waals surface area contributed by atoms with Gasteiger partial charge in [-0.1, -0.05) is 47.2 Å². The van der Waals surface area contributed by atoms with Gasteiger partial charge in [-0.15, -0.1) is 5.10 Å². The van der Waals surface area contributed by atoms with Gasteiger partial charge in [0.15, 0.2) is 0 Å². The van der Waals surface area contributed by atoms with E-state index < -0.39 is 0 Å². The molecule has 7 nitrogen and oxygen atoms in total. The highest BCUT2D eigenvalue weighted by Crippen LogP contribution is 2.28. The van der Waals surface area contributed by atoms with Crippen molar-refractivity contribution in [3.63, 3.8) is 0 Å². The Kier molecular flexibility index (Phi) is 5.19. The maximum Gasteiger partial charge on any atom is 0.272 e. The molecule has 0 aliphatic carbocycles. The standard InChI is InChI=1S/C25H26N6O/c1-17-7-9-19(10-8-17)20-11-12-22-24(27-28-31(22)15-20)23-16-30(14-13-29(23)3)25(32)21-6-4-5-18(2)26-21/h4-12,15,23H,13-14,16H2,1-3H3/t23-/m0/s1. The van der Waals surface area contributed by atoms with Gasteiger partial charge in [-0.05, 0) is 44.7 Å². The largest absolute Gasteiger partial charge is 0.334 e. The van der Waals surface area contributed by atoms with Crippen LogP contribution in [0.25, 0.3) is 16.6 Å². The van der Waals surface area contributed by atoms with Crippen molar-refractivity contribution in [2.45, 2.75) is 19.9 Å². The van der Waals surface area contributed by atoms with E-state index >= 15 is 0 Å². The van der Waals surface area contributed by atoms with Crippen LogP contribution in [0, 0.1) is 13.8 Å². The summed E-state index contributed by atoms with van der Waals surface area (Å²) < 4.78 is 1.83. The van der Waals surface area contributed by atoms with Crippen LogP contribution in [0.1, 0.15) is 33.5 Å². The van der Waals surface area contributed by atoms with Gasteiger partial charge in [0.05, 0.1) is 11.6 Å². The van der Waals surface area contributed by atoms with Crippen LogP contribution >= 0.6 is 0 Å². The minimum Gasteiger partial charge on any atom is -0.334 e. The SMILES string of the molecule is Cc1ccc(-c2ccc3c([C@@H]4CN(C(=O)c5cccc(C)n5)CCN4C)nnn3c2)cc1. The summed E-state index contributed by atoms with van der Waals surface area (Å²) in [6.45, 7) is 5.97. The Hall–Kier alpha value is -3.58. The number of fused-ring (bicyclic) bond motifs is 1. The molecule has 1 aliphatic rings. The van der Waals surface area contributed by atoms with Gasteiger partial charge < -0.3 is 4.90 Å². The average Bonchev–Trinajstić information content (AvgIpc) is 3.22. The second-order valence-corrected chi connectivity index (χ2v) is 8.50. The zero-order valence-corrected chi connectivity index (χ0v) is 18.6. The number of aryl methyl sites for hydroxylation is 2. The van der Waals surface area contributed by atoms with Gasteiger partial charge in [0.2, 0.25) is 0 Å². The first-order chi connectivity index (χ1) is 15.5. The predicted molar refractivity (Wildman–Crippen MR) is 123 cm³/mol. The molecule has 4 heterocycles. The van der Waals surface area contributed by atoms with Crippen LogP contribution < -0.4 is 0 Å². The highest BCUT2D eigenvalue weighted by Gasteiger charge is 2.32. The summed E-state index contributed by atoms with van der Waals surface area (Å²) in [6.07, 6.45) is 2.01. The van der Waals surface area contributed by atoms with E-state index in [2.05, 4.69) is 70.6 Å². The van der Waals surface area contributed by atoms with Gasteiger partial charge >= 0.3 is 0 Å². The van der Waals surface area contributed by atoms with E-state index in [1.165, 1.54) is 5.56 Å². The predicted octanol–water partition coefficient (Wildman–Crippen LogP) is 3.54. The molecule has 0 saturated carbocycles. The maximum absolute atomic E-state index is 13.1. The lowest BCUT2D eigenvalue weighted by Gasteiger charge is -2.38. The molecule has 1 atom stereocenters. The minimum absolute atomic E-state index is 0.0276. The summed E-state index contributed by atoms with van der Waals surface area (Å²) in [5.74, 6) is -0.0371. The molecule has 1 aromatic carbocycles. The smallest absolute Gasteiger partial charge is 0.272 e. The number of rotatable bonds is 3. The Balaban J connectivity index is 1.43. The first-order valence-electron chi connectivity index (χ1n) is 10.8. The fourth-order valence-electron chi connectivity index (χ4n) is 4.25. The van der Waals surface area contributed by atoms with E-state index in [4.69, 9.17) is 0 Å². The first kappa shape index (κ1) is 20.3. The number of likely N-dealkylation sites (N-methyl/N-ethyl adjacent to an activating group) is 1. The fraction of sp³-hybridized carbons (Fsp3) is 0.280. The van der Waals surface area contributed by atoms with Crippen molar-refractivity contribution < 1.29 is 4.79 Å². The summed E-state index contributed by atoms with van der Waals surface area (Å²) in [5.41, 5.74) is 6.65. The topological polar surface area (TPSA) is 66.6 Å². The van der Waals surface area contributed by atoms with Crippen molar-refractivity contribution in [1.82, 2.24) is 29.6 Å². The van der Waals surface area contributed by atoms with Gasteiger partial charge in [0.1, 0.15) is 11.4 Å². The lowest BCUT2D eigenvalue weighted by molar-refractivity contribution is 0.0536. The number of carbonyl (C=O) groups is 1. The van der Waals surface area contributed by atoms with Crippen molar-refractivity contribution in [1.29, 1.82) is 0 Å². The molecule has 32 heavy (non-hydrogen) atoms. The van der Waals surface area contributed by atoms with E-state index in [-0.39, 0.29) is 11.9 Å². The summed E-state index contributed by atoms with van der Waals surface area (Å²) in [7, 11) is 2.07. The van der Waals surface area contributed by atoms with Crippen LogP contribution in [0.5, 0.6) is 0 Å². The lowest BCUT2D eigenvalue weighted by atomic mass is 10.0. The zero-order valence-electron chi connectivity index (χ0n) is 18.6. The van der Waals surface area contributed by atoms with Crippen LogP contribution in [-0.2, 0) is 0 Å². The van der Waals surface area contributed by atoms with Gasteiger partial charge in [0.25, 0.3) is 5.91 Å². The Morgan fingerprint density at radius 2 is 1.75 bits per heavy atom. The molecule has 4 aromatic rings. The molecule has 3 aromatic heterocycles. The second-order valence-electron chi connectivity index (χ2n) is 8.50. The average molecular weight is 427 g/mol. The summed E-state index contributed by atoms with van der Waals surface area (Å²) in [5, 5.41) is 8.91. The number of aromatic nitrogens is 4. The van der Waals surface area contributed by atoms with Crippen LogP contribution in [0.3, 0.4) is 0 Å². The number of pyridine rings is 2. The molecule has 1 fully saturated rings. The number of piperazine rings is 1. The van der Waals surface area contributed by atoms with Crippen LogP contribution in [-0.4, -0.2) is 62.2 Å². The number of hydrogen-bond donors (Lipinski definition) is 0. The van der Waals surface area contributed by atoms with Gasteiger partial charge in [-0.25, -0.2) is 9.50 Å². The molecule has 1 amide bonds. The van der Waals surface area contributed by atoms with Crippen molar-refractivity contribution >= 4 is 11.4 Å². The van der Waals surface area contributed by atoms with Crippen molar-refractivity contribution in [3.05, 3.63) is 83.4 Å². The Bertz CT molecular complexity index is 1280. The third-order valence-electron chi connectivity index (χ3n) is 6.18. The number of carbonyl (C=O) groups excluding carboxylic acids is 1.